The fraction of sp³-hybridized carbons (Fsp3) is 0.421. The SMILES string of the molecule is CCCNC(=O)c1cc(NS(=O)(=O)c2ccc(Br)s2)cnc1N1CCNCC1.O=C(O)C(F)(F)F. The van der Waals surface area contributed by atoms with Gasteiger partial charge in [-0.2, -0.15) is 13.2 Å². The Morgan fingerprint density at radius 1 is 1.29 bits per heavy atom. The van der Waals surface area contributed by atoms with E-state index in [1.165, 1.54) is 12.3 Å². The third kappa shape index (κ3) is 8.63. The second-order valence-electron chi connectivity index (χ2n) is 7.06. The van der Waals surface area contributed by atoms with Crippen molar-refractivity contribution in [3.8, 4) is 0 Å². The van der Waals surface area contributed by atoms with E-state index in [0.29, 0.717) is 17.9 Å². The van der Waals surface area contributed by atoms with Crippen LogP contribution in [0.3, 0.4) is 0 Å². The van der Waals surface area contributed by atoms with Gasteiger partial charge in [-0.25, -0.2) is 18.2 Å². The van der Waals surface area contributed by atoms with E-state index < -0.39 is 22.2 Å². The molecule has 1 amide bonds. The van der Waals surface area contributed by atoms with Gasteiger partial charge in [0.2, 0.25) is 0 Å². The summed E-state index contributed by atoms with van der Waals surface area (Å²) in [5.41, 5.74) is 0.618. The predicted octanol–water partition coefficient (Wildman–Crippen LogP) is 2.89. The highest BCUT2D eigenvalue weighted by Gasteiger charge is 2.38. The molecule has 35 heavy (non-hydrogen) atoms. The Balaban J connectivity index is 0.000000540. The molecule has 0 aromatic carbocycles. The lowest BCUT2D eigenvalue weighted by atomic mass is 10.2. The van der Waals surface area contributed by atoms with Gasteiger partial charge in [0.15, 0.2) is 0 Å². The number of pyridine rings is 1. The van der Waals surface area contributed by atoms with Crippen LogP contribution in [0.15, 0.2) is 32.4 Å². The number of aromatic nitrogens is 1. The molecule has 0 atom stereocenters. The van der Waals surface area contributed by atoms with Gasteiger partial charge in [0.1, 0.15) is 10.0 Å². The van der Waals surface area contributed by atoms with Crippen LogP contribution in [-0.4, -0.2) is 69.3 Å². The lowest BCUT2D eigenvalue weighted by Crippen LogP contribution is -2.44. The fourth-order valence-electron chi connectivity index (χ4n) is 2.79. The van der Waals surface area contributed by atoms with Crippen LogP contribution >= 0.6 is 27.3 Å². The summed E-state index contributed by atoms with van der Waals surface area (Å²) in [5, 5.41) is 13.2. The summed E-state index contributed by atoms with van der Waals surface area (Å²) in [6.07, 6.45) is -2.82. The van der Waals surface area contributed by atoms with Crippen molar-refractivity contribution in [2.75, 3.05) is 42.3 Å². The van der Waals surface area contributed by atoms with E-state index in [4.69, 9.17) is 9.90 Å². The van der Waals surface area contributed by atoms with Crippen LogP contribution in [0.2, 0.25) is 0 Å². The summed E-state index contributed by atoms with van der Waals surface area (Å²) in [7, 11) is -3.75. The number of aliphatic carboxylic acids is 1. The van der Waals surface area contributed by atoms with Gasteiger partial charge in [0, 0.05) is 32.7 Å². The van der Waals surface area contributed by atoms with Crippen LogP contribution in [-0.2, 0) is 14.8 Å². The molecule has 10 nitrogen and oxygen atoms in total. The number of carbonyl (C=O) groups is 2. The number of carboxylic acids is 1. The molecular weight excluding hydrogens is 579 g/mol. The Bertz CT molecular complexity index is 1140. The maximum atomic E-state index is 12.7. The molecule has 0 radical (unpaired) electrons. The summed E-state index contributed by atoms with van der Waals surface area (Å²) in [6.45, 7) is 5.59. The Hall–Kier alpha value is -2.43. The van der Waals surface area contributed by atoms with E-state index in [9.17, 15) is 26.4 Å². The number of alkyl halides is 3. The molecule has 3 rings (SSSR count). The molecule has 1 fully saturated rings. The van der Waals surface area contributed by atoms with Gasteiger partial charge in [-0.3, -0.25) is 9.52 Å². The van der Waals surface area contributed by atoms with Gasteiger partial charge in [0.05, 0.1) is 21.2 Å². The largest absolute Gasteiger partial charge is 0.490 e. The van der Waals surface area contributed by atoms with Crippen molar-refractivity contribution in [1.82, 2.24) is 15.6 Å². The predicted molar refractivity (Wildman–Crippen MR) is 128 cm³/mol. The Morgan fingerprint density at radius 2 is 1.91 bits per heavy atom. The van der Waals surface area contributed by atoms with E-state index in [2.05, 4.69) is 36.3 Å². The number of nitrogens with zero attached hydrogens (tertiary/aromatic N) is 2. The Labute approximate surface area is 212 Å². The van der Waals surface area contributed by atoms with Gasteiger partial charge in [-0.05, 0) is 40.5 Å². The minimum Gasteiger partial charge on any atom is -0.475 e. The number of sulfonamides is 1. The van der Waals surface area contributed by atoms with Gasteiger partial charge in [0.25, 0.3) is 15.9 Å². The van der Waals surface area contributed by atoms with E-state index in [0.717, 1.165) is 47.7 Å². The third-order valence-electron chi connectivity index (χ3n) is 4.37. The van der Waals surface area contributed by atoms with Crippen molar-refractivity contribution in [1.29, 1.82) is 0 Å². The van der Waals surface area contributed by atoms with Crippen LogP contribution < -0.4 is 20.3 Å². The van der Waals surface area contributed by atoms with Crippen LogP contribution in [0.4, 0.5) is 24.7 Å². The van der Waals surface area contributed by atoms with Crippen molar-refractivity contribution in [3.63, 3.8) is 0 Å². The lowest BCUT2D eigenvalue weighted by molar-refractivity contribution is -0.192. The number of rotatable bonds is 7. The average molecular weight is 602 g/mol. The first-order valence-electron chi connectivity index (χ1n) is 10.2. The van der Waals surface area contributed by atoms with Crippen molar-refractivity contribution in [3.05, 3.63) is 33.7 Å². The number of thiophene rings is 1. The van der Waals surface area contributed by atoms with Crippen molar-refractivity contribution in [2.45, 2.75) is 23.7 Å². The second-order valence-corrected chi connectivity index (χ2v) is 11.4. The summed E-state index contributed by atoms with van der Waals surface area (Å²) < 4.78 is 60.3. The van der Waals surface area contributed by atoms with Crippen LogP contribution in [0.1, 0.15) is 23.7 Å². The number of nitrogens with one attached hydrogen (secondary N) is 3. The molecule has 1 aliphatic rings. The highest BCUT2D eigenvalue weighted by atomic mass is 79.9. The molecule has 1 saturated heterocycles. The number of amides is 1. The molecule has 2 aromatic rings. The van der Waals surface area contributed by atoms with Crippen molar-refractivity contribution >= 4 is 60.7 Å². The topological polar surface area (TPSA) is 141 Å². The molecule has 4 N–H and O–H groups in total. The summed E-state index contributed by atoms with van der Waals surface area (Å²) in [4.78, 5) is 28.0. The second kappa shape index (κ2) is 12.5. The molecule has 2 aromatic heterocycles. The van der Waals surface area contributed by atoms with Gasteiger partial charge >= 0.3 is 12.1 Å². The molecule has 0 saturated carbocycles. The average Bonchev–Trinajstić information content (AvgIpc) is 3.25. The van der Waals surface area contributed by atoms with E-state index >= 15 is 0 Å². The normalized spacial score (nSPS) is 14.0. The first-order chi connectivity index (χ1) is 16.3. The summed E-state index contributed by atoms with van der Waals surface area (Å²) in [6, 6.07) is 4.75. The Kier molecular flexibility index (Phi) is 10.3. The minimum absolute atomic E-state index is 0.183. The number of carbonyl (C=O) groups excluding carboxylic acids is 1. The maximum absolute atomic E-state index is 12.7. The number of carboxylic acid groups (broad SMARTS) is 1. The van der Waals surface area contributed by atoms with Gasteiger partial charge in [-0.1, -0.05) is 6.92 Å². The molecule has 0 unspecified atom stereocenters. The van der Waals surface area contributed by atoms with E-state index in [1.807, 2.05) is 11.8 Å². The first-order valence-corrected chi connectivity index (χ1v) is 13.3. The number of anilines is 2. The molecule has 0 spiro atoms. The summed E-state index contributed by atoms with van der Waals surface area (Å²) in [5.74, 6) is -2.45. The van der Waals surface area contributed by atoms with Crippen molar-refractivity contribution < 1.29 is 36.3 Å². The fourth-order valence-corrected chi connectivity index (χ4v) is 5.83. The number of piperazine rings is 1. The molecule has 16 heteroatoms. The Morgan fingerprint density at radius 3 is 2.43 bits per heavy atom. The van der Waals surface area contributed by atoms with Crippen LogP contribution in [0.5, 0.6) is 0 Å². The monoisotopic (exact) mass is 601 g/mol. The number of hydrogen-bond acceptors (Lipinski definition) is 8. The van der Waals surface area contributed by atoms with Crippen molar-refractivity contribution in [2.24, 2.45) is 0 Å². The standard InChI is InChI=1S/C17H22BrN5O3S2.C2HF3O2/c1-2-5-20-17(24)13-10-12(11-21-16(13)23-8-6-19-7-9-23)22-28(25,26)15-4-3-14(18)27-15;3-2(4,5)1(6)7/h3-4,10-11,19,22H,2,5-9H2,1H3,(H,20,24);(H,6,7). The molecule has 1 aliphatic heterocycles. The third-order valence-corrected chi connectivity index (χ3v) is 7.87. The number of hydrogen-bond donors (Lipinski definition) is 4. The van der Waals surface area contributed by atoms with Crippen LogP contribution in [0.25, 0.3) is 0 Å². The molecule has 194 valence electrons. The zero-order chi connectivity index (χ0) is 26.2. The van der Waals surface area contributed by atoms with Crippen LogP contribution in [0, 0.1) is 0 Å². The van der Waals surface area contributed by atoms with Gasteiger partial charge < -0.3 is 20.6 Å². The maximum Gasteiger partial charge on any atom is 0.490 e. The highest BCUT2D eigenvalue weighted by Crippen LogP contribution is 2.29. The van der Waals surface area contributed by atoms with E-state index in [1.54, 1.807) is 12.1 Å². The highest BCUT2D eigenvalue weighted by molar-refractivity contribution is 9.11. The summed E-state index contributed by atoms with van der Waals surface area (Å²) >= 11 is 4.38. The zero-order valence-corrected chi connectivity index (χ0v) is 21.6. The molecule has 0 bridgehead atoms. The minimum atomic E-state index is -5.08. The first kappa shape index (κ1) is 28.8. The molecule has 3 heterocycles. The molecule has 0 aliphatic carbocycles. The lowest BCUT2D eigenvalue weighted by Gasteiger charge is -2.30. The smallest absolute Gasteiger partial charge is 0.475 e. The zero-order valence-electron chi connectivity index (χ0n) is 18.4. The quantitative estimate of drug-likeness (QED) is 0.380. The number of halogens is 4. The van der Waals surface area contributed by atoms with E-state index in [-0.39, 0.29) is 15.8 Å². The van der Waals surface area contributed by atoms with Gasteiger partial charge in [-0.15, -0.1) is 11.3 Å². The molecular formula is C19H23BrF3N5O5S2.